The van der Waals surface area contributed by atoms with Gasteiger partial charge in [0.05, 0.1) is 0 Å². The second-order valence-corrected chi connectivity index (χ2v) is 11.1. The Kier molecular flexibility index (Phi) is 4.64. The zero-order valence-electron chi connectivity index (χ0n) is 10.5. The van der Waals surface area contributed by atoms with Crippen LogP contribution in [0, 0.1) is 0 Å². The van der Waals surface area contributed by atoms with Crippen LogP contribution < -0.4 is 0 Å². The summed E-state index contributed by atoms with van der Waals surface area (Å²) in [5.74, 6) is 0. The molecule has 1 rings (SSSR count). The first-order valence-corrected chi connectivity index (χ1v) is 9.97. The van der Waals surface area contributed by atoms with Gasteiger partial charge >= 0.3 is 5.30 Å². The van der Waals surface area contributed by atoms with Crippen LogP contribution in [0.3, 0.4) is 0 Å². The predicted molar refractivity (Wildman–Crippen MR) is 72.4 cm³/mol. The van der Waals surface area contributed by atoms with E-state index >= 15 is 0 Å². The molecule has 0 fully saturated rings. The van der Waals surface area contributed by atoms with Crippen LogP contribution in [0.5, 0.6) is 0 Å². The van der Waals surface area contributed by atoms with E-state index < -0.39 is 13.5 Å². The SMILES string of the molecule is CCN(C1CC=C(SC(=O)O)C1)[Si](C)(C)C. The second-order valence-electron chi connectivity index (χ2n) is 5.09. The van der Waals surface area contributed by atoms with E-state index in [0.29, 0.717) is 6.04 Å². The first kappa shape index (κ1) is 13.8. The highest BCUT2D eigenvalue weighted by molar-refractivity contribution is 8.16. The Bertz CT molecular complexity index is 299. The lowest BCUT2D eigenvalue weighted by atomic mass is 10.2. The van der Waals surface area contributed by atoms with Crippen LogP contribution in [0.25, 0.3) is 0 Å². The lowest BCUT2D eigenvalue weighted by Crippen LogP contribution is -2.51. The molecule has 16 heavy (non-hydrogen) atoms. The van der Waals surface area contributed by atoms with E-state index in [2.05, 4.69) is 37.2 Å². The lowest BCUT2D eigenvalue weighted by molar-refractivity contribution is 0.222. The lowest BCUT2D eigenvalue weighted by Gasteiger charge is -2.38. The van der Waals surface area contributed by atoms with Gasteiger partial charge in [-0.25, -0.2) is 4.79 Å². The van der Waals surface area contributed by atoms with E-state index in [1.165, 1.54) is 0 Å². The Balaban J connectivity index is 2.57. The normalized spacial score (nSPS) is 21.3. The molecule has 0 amide bonds. The number of hydrogen-bond acceptors (Lipinski definition) is 3. The summed E-state index contributed by atoms with van der Waals surface area (Å²) in [6.07, 6.45) is 4.01. The molecule has 1 N–H and O–H groups in total. The van der Waals surface area contributed by atoms with Crippen molar-refractivity contribution in [2.45, 2.75) is 45.4 Å². The first-order valence-electron chi connectivity index (χ1n) is 5.71. The molecule has 1 unspecified atom stereocenters. The van der Waals surface area contributed by atoms with Gasteiger partial charge in [-0.3, -0.25) is 0 Å². The first-order chi connectivity index (χ1) is 7.34. The van der Waals surface area contributed by atoms with Crippen LogP contribution in [0.2, 0.25) is 19.6 Å². The largest absolute Gasteiger partial charge is 0.473 e. The maximum Gasteiger partial charge on any atom is 0.369 e. The summed E-state index contributed by atoms with van der Waals surface area (Å²) in [7, 11) is -1.28. The van der Waals surface area contributed by atoms with Gasteiger partial charge in [-0.1, -0.05) is 32.6 Å². The Morgan fingerprint density at radius 1 is 1.62 bits per heavy atom. The molecule has 3 nitrogen and oxygen atoms in total. The number of hydrogen-bond donors (Lipinski definition) is 1. The molecule has 1 aliphatic rings. The van der Waals surface area contributed by atoms with E-state index in [9.17, 15) is 4.79 Å². The van der Waals surface area contributed by atoms with Gasteiger partial charge in [-0.2, -0.15) is 0 Å². The van der Waals surface area contributed by atoms with Crippen LogP contribution in [-0.4, -0.2) is 35.8 Å². The topological polar surface area (TPSA) is 40.5 Å². The van der Waals surface area contributed by atoms with Crippen LogP contribution in [-0.2, 0) is 0 Å². The van der Waals surface area contributed by atoms with Crippen molar-refractivity contribution < 1.29 is 9.90 Å². The van der Waals surface area contributed by atoms with Gasteiger partial charge in [0.1, 0.15) is 8.24 Å². The number of carbonyl (C=O) groups is 1. The third-order valence-electron chi connectivity index (χ3n) is 2.92. The fraction of sp³-hybridized carbons (Fsp3) is 0.727. The molecule has 5 heteroatoms. The van der Waals surface area contributed by atoms with Crippen molar-refractivity contribution in [3.63, 3.8) is 0 Å². The minimum Gasteiger partial charge on any atom is -0.473 e. The van der Waals surface area contributed by atoms with Crippen molar-refractivity contribution in [3.05, 3.63) is 11.0 Å². The maximum absolute atomic E-state index is 10.6. The summed E-state index contributed by atoms with van der Waals surface area (Å²) in [4.78, 5) is 11.6. The Morgan fingerprint density at radius 3 is 2.69 bits per heavy atom. The molecular formula is C11H21NO2SSi. The molecule has 1 atom stereocenters. The minimum atomic E-state index is -1.28. The van der Waals surface area contributed by atoms with Crippen molar-refractivity contribution >= 4 is 25.3 Å². The van der Waals surface area contributed by atoms with Gasteiger partial charge in [0.25, 0.3) is 0 Å². The molecule has 0 aliphatic heterocycles. The predicted octanol–water partition coefficient (Wildman–Crippen LogP) is 3.60. The minimum absolute atomic E-state index is 0.526. The number of rotatable bonds is 4. The quantitative estimate of drug-likeness (QED) is 0.783. The maximum atomic E-state index is 10.6. The summed E-state index contributed by atoms with van der Waals surface area (Å²) >= 11 is 0.971. The molecule has 0 aromatic heterocycles. The Hall–Kier alpha value is -0.263. The molecular weight excluding hydrogens is 238 g/mol. The van der Waals surface area contributed by atoms with Crippen LogP contribution in [0.4, 0.5) is 4.79 Å². The molecule has 92 valence electrons. The molecule has 0 saturated heterocycles. The third kappa shape index (κ3) is 3.64. The van der Waals surface area contributed by atoms with Crippen LogP contribution >= 0.6 is 11.8 Å². The van der Waals surface area contributed by atoms with E-state index in [0.717, 1.165) is 36.1 Å². The number of nitrogens with zero attached hydrogens (tertiary/aromatic N) is 1. The highest BCUT2D eigenvalue weighted by atomic mass is 32.2. The van der Waals surface area contributed by atoms with E-state index in [4.69, 9.17) is 5.11 Å². The molecule has 0 saturated carbocycles. The fourth-order valence-electron chi connectivity index (χ4n) is 2.38. The van der Waals surface area contributed by atoms with Gasteiger partial charge < -0.3 is 9.67 Å². The zero-order valence-corrected chi connectivity index (χ0v) is 12.3. The van der Waals surface area contributed by atoms with E-state index in [1.54, 1.807) is 0 Å². The average Bonchev–Trinajstić information content (AvgIpc) is 2.50. The van der Waals surface area contributed by atoms with Crippen molar-refractivity contribution in [1.29, 1.82) is 0 Å². The molecule has 0 bridgehead atoms. The van der Waals surface area contributed by atoms with Crippen molar-refractivity contribution in [2.24, 2.45) is 0 Å². The molecule has 0 heterocycles. The standard InChI is InChI=1S/C11H21NO2SSi/c1-5-12(16(2,3)4)9-6-7-10(8-9)15-11(13)14/h7,9H,5-6,8H2,1-4H3,(H,13,14). The molecule has 1 aliphatic carbocycles. The van der Waals surface area contributed by atoms with Gasteiger partial charge in [0, 0.05) is 6.04 Å². The third-order valence-corrected chi connectivity index (χ3v) is 6.09. The zero-order chi connectivity index (χ0) is 12.3. The second kappa shape index (κ2) is 5.38. The summed E-state index contributed by atoms with van der Waals surface area (Å²) in [6, 6.07) is 0.526. The van der Waals surface area contributed by atoms with Crippen molar-refractivity contribution in [1.82, 2.24) is 4.57 Å². The molecule has 0 aromatic carbocycles. The van der Waals surface area contributed by atoms with Crippen molar-refractivity contribution in [3.8, 4) is 0 Å². The Morgan fingerprint density at radius 2 is 2.25 bits per heavy atom. The fourth-order valence-corrected chi connectivity index (χ4v) is 5.30. The summed E-state index contributed by atoms with van der Waals surface area (Å²) in [5.41, 5.74) is 0. The van der Waals surface area contributed by atoms with E-state index in [-0.39, 0.29) is 0 Å². The van der Waals surface area contributed by atoms with Gasteiger partial charge in [0.15, 0.2) is 0 Å². The molecule has 0 aromatic rings. The highest BCUT2D eigenvalue weighted by Gasteiger charge is 2.32. The van der Waals surface area contributed by atoms with Gasteiger partial charge in [0.2, 0.25) is 0 Å². The highest BCUT2D eigenvalue weighted by Crippen LogP contribution is 2.33. The smallest absolute Gasteiger partial charge is 0.369 e. The molecule has 0 spiro atoms. The van der Waals surface area contributed by atoms with Crippen LogP contribution in [0.15, 0.2) is 11.0 Å². The van der Waals surface area contributed by atoms with Gasteiger partial charge in [-0.15, -0.1) is 0 Å². The van der Waals surface area contributed by atoms with Gasteiger partial charge in [-0.05, 0) is 36.1 Å². The summed E-state index contributed by atoms with van der Waals surface area (Å²) in [5, 5.41) is 7.94. The average molecular weight is 259 g/mol. The van der Waals surface area contributed by atoms with Crippen LogP contribution in [0.1, 0.15) is 19.8 Å². The summed E-state index contributed by atoms with van der Waals surface area (Å²) in [6.45, 7) is 10.3. The summed E-state index contributed by atoms with van der Waals surface area (Å²) < 4.78 is 2.58. The molecule has 0 radical (unpaired) electrons. The monoisotopic (exact) mass is 259 g/mol. The van der Waals surface area contributed by atoms with Crippen molar-refractivity contribution in [2.75, 3.05) is 6.54 Å². The van der Waals surface area contributed by atoms with E-state index in [1.807, 2.05) is 0 Å². The number of carboxylic acid groups (broad SMARTS) is 1. The number of thioether (sulfide) groups is 1. The Labute approximate surface area is 103 Å².